The molecule has 0 N–H and O–H groups in total. The number of nitrogens with zero attached hydrogens (tertiary/aromatic N) is 2. The number of benzene rings is 1. The number of ether oxygens (including phenoxy) is 1. The minimum absolute atomic E-state index is 0.0698. The van der Waals surface area contributed by atoms with Crippen molar-refractivity contribution in [2.24, 2.45) is 0 Å². The average Bonchev–Trinajstić information content (AvgIpc) is 3.18. The molecule has 0 bridgehead atoms. The molecule has 0 radical (unpaired) electrons. The lowest BCUT2D eigenvalue weighted by molar-refractivity contribution is -0.138. The van der Waals surface area contributed by atoms with E-state index in [-0.39, 0.29) is 29.7 Å². The Morgan fingerprint density at radius 1 is 1.14 bits per heavy atom. The maximum Gasteiger partial charge on any atom is 0.419 e. The van der Waals surface area contributed by atoms with Crippen molar-refractivity contribution >= 4 is 0 Å². The van der Waals surface area contributed by atoms with E-state index in [1.807, 2.05) is 13.0 Å². The second-order valence-electron chi connectivity index (χ2n) is 7.13. The van der Waals surface area contributed by atoms with Gasteiger partial charge in [0.05, 0.1) is 5.56 Å². The largest absolute Gasteiger partial charge is 0.489 e. The first-order valence-corrected chi connectivity index (χ1v) is 10.2. The molecule has 0 saturated heterocycles. The molecule has 0 amide bonds. The Hall–Kier alpha value is -2.31. The van der Waals surface area contributed by atoms with Gasteiger partial charge in [0.1, 0.15) is 12.4 Å². The van der Waals surface area contributed by atoms with Crippen LogP contribution in [0.5, 0.6) is 5.75 Å². The molecule has 1 heterocycles. The van der Waals surface area contributed by atoms with Crippen molar-refractivity contribution in [2.75, 3.05) is 6.61 Å². The van der Waals surface area contributed by atoms with Gasteiger partial charge in [-0.3, -0.25) is 0 Å². The molecule has 1 aromatic carbocycles. The first-order chi connectivity index (χ1) is 13.9. The van der Waals surface area contributed by atoms with Crippen LogP contribution in [0.15, 0.2) is 34.9 Å². The third kappa shape index (κ3) is 6.91. The Labute approximate surface area is 170 Å². The molecule has 1 aromatic heterocycles. The Balaban J connectivity index is 2.16. The van der Waals surface area contributed by atoms with Gasteiger partial charge in [-0.1, -0.05) is 63.8 Å². The van der Waals surface area contributed by atoms with Crippen molar-refractivity contribution in [3.8, 4) is 17.1 Å². The van der Waals surface area contributed by atoms with Crippen LogP contribution in [-0.4, -0.2) is 16.7 Å². The van der Waals surface area contributed by atoms with Crippen molar-refractivity contribution < 1.29 is 22.4 Å². The summed E-state index contributed by atoms with van der Waals surface area (Å²) in [5, 5.41) is 3.87. The fourth-order valence-corrected chi connectivity index (χ4v) is 2.85. The predicted octanol–water partition coefficient (Wildman–Crippen LogP) is 7.17. The lowest BCUT2D eigenvalue weighted by Crippen LogP contribution is -2.09. The monoisotopic (exact) mass is 410 g/mol. The number of halogens is 3. The van der Waals surface area contributed by atoms with Gasteiger partial charge >= 0.3 is 6.18 Å². The zero-order valence-corrected chi connectivity index (χ0v) is 17.3. The number of rotatable bonds is 11. The van der Waals surface area contributed by atoms with E-state index in [4.69, 9.17) is 9.26 Å². The first-order valence-electron chi connectivity index (χ1n) is 10.2. The standard InChI is InChI=1S/C22H29F3N2O2/c1-4-6-8-9-10-14-28-19-13-12-17(15-18(19)22(23,24)25)20-26-21(29-27-20)16(3)11-7-5-2/h9-10,12-13,15-16H,4-8,11,14H2,1-3H3/t16-/m0/s1. The van der Waals surface area contributed by atoms with Crippen LogP contribution in [-0.2, 0) is 6.18 Å². The number of allylic oxidation sites excluding steroid dienone is 1. The molecule has 0 aliphatic carbocycles. The zero-order valence-electron chi connectivity index (χ0n) is 17.3. The van der Waals surface area contributed by atoms with E-state index < -0.39 is 11.7 Å². The van der Waals surface area contributed by atoms with Crippen LogP contribution in [0.2, 0.25) is 0 Å². The van der Waals surface area contributed by atoms with E-state index >= 15 is 0 Å². The Morgan fingerprint density at radius 3 is 2.59 bits per heavy atom. The molecule has 160 valence electrons. The molecule has 29 heavy (non-hydrogen) atoms. The Morgan fingerprint density at radius 2 is 1.90 bits per heavy atom. The summed E-state index contributed by atoms with van der Waals surface area (Å²) in [6.07, 6.45) is 5.09. The Kier molecular flexibility index (Phi) is 8.73. The number of hydrogen-bond acceptors (Lipinski definition) is 4. The van der Waals surface area contributed by atoms with Gasteiger partial charge in [-0.25, -0.2) is 0 Å². The van der Waals surface area contributed by atoms with Gasteiger partial charge in [0.25, 0.3) is 0 Å². The van der Waals surface area contributed by atoms with Crippen LogP contribution in [0.4, 0.5) is 13.2 Å². The highest BCUT2D eigenvalue weighted by Gasteiger charge is 2.35. The number of unbranched alkanes of at least 4 members (excludes halogenated alkanes) is 3. The summed E-state index contributed by atoms with van der Waals surface area (Å²) < 4.78 is 51.2. The first kappa shape index (κ1) is 23.0. The maximum atomic E-state index is 13.5. The van der Waals surface area contributed by atoms with Crippen LogP contribution in [0.25, 0.3) is 11.4 Å². The molecule has 0 saturated carbocycles. The fourth-order valence-electron chi connectivity index (χ4n) is 2.85. The highest BCUT2D eigenvalue weighted by Crippen LogP contribution is 2.38. The van der Waals surface area contributed by atoms with Gasteiger partial charge in [-0.2, -0.15) is 18.2 Å². The average molecular weight is 410 g/mol. The molecular weight excluding hydrogens is 381 g/mol. The summed E-state index contributed by atoms with van der Waals surface area (Å²) in [5.74, 6) is 0.459. The van der Waals surface area contributed by atoms with Gasteiger partial charge in [0.15, 0.2) is 0 Å². The quantitative estimate of drug-likeness (QED) is 0.291. The smallest absolute Gasteiger partial charge is 0.419 e. The normalized spacial score (nSPS) is 13.2. The predicted molar refractivity (Wildman–Crippen MR) is 107 cm³/mol. The van der Waals surface area contributed by atoms with Gasteiger partial charge in [-0.05, 0) is 31.0 Å². The van der Waals surface area contributed by atoms with Crippen molar-refractivity contribution in [1.29, 1.82) is 0 Å². The van der Waals surface area contributed by atoms with Gasteiger partial charge in [0, 0.05) is 11.5 Å². The van der Waals surface area contributed by atoms with E-state index in [0.717, 1.165) is 44.6 Å². The van der Waals surface area contributed by atoms with Crippen LogP contribution >= 0.6 is 0 Å². The molecule has 2 aromatic rings. The van der Waals surface area contributed by atoms with E-state index in [9.17, 15) is 13.2 Å². The molecule has 4 nitrogen and oxygen atoms in total. The number of hydrogen-bond donors (Lipinski definition) is 0. The maximum absolute atomic E-state index is 13.5. The molecule has 0 aliphatic rings. The van der Waals surface area contributed by atoms with Crippen molar-refractivity contribution in [1.82, 2.24) is 10.1 Å². The third-order valence-electron chi connectivity index (χ3n) is 4.62. The minimum atomic E-state index is -4.54. The molecular formula is C22H29F3N2O2. The van der Waals surface area contributed by atoms with E-state index in [0.29, 0.717) is 5.89 Å². The molecule has 2 rings (SSSR count). The van der Waals surface area contributed by atoms with E-state index in [1.165, 1.54) is 12.1 Å². The zero-order chi connectivity index (χ0) is 21.3. The molecule has 7 heteroatoms. The topological polar surface area (TPSA) is 48.2 Å². The van der Waals surface area contributed by atoms with Crippen LogP contribution < -0.4 is 4.74 Å². The summed E-state index contributed by atoms with van der Waals surface area (Å²) in [7, 11) is 0. The summed E-state index contributed by atoms with van der Waals surface area (Å²) >= 11 is 0. The molecule has 0 spiro atoms. The molecule has 0 aliphatic heterocycles. The Bertz CT molecular complexity index is 785. The van der Waals surface area contributed by atoms with Gasteiger partial charge in [0.2, 0.25) is 11.7 Å². The second-order valence-corrected chi connectivity index (χ2v) is 7.13. The number of alkyl halides is 3. The summed E-state index contributed by atoms with van der Waals surface area (Å²) in [5.41, 5.74) is -0.594. The second kappa shape index (κ2) is 11.0. The van der Waals surface area contributed by atoms with Gasteiger partial charge in [-0.15, -0.1) is 0 Å². The van der Waals surface area contributed by atoms with Gasteiger partial charge < -0.3 is 9.26 Å². The molecule has 0 unspecified atom stereocenters. The number of aromatic nitrogens is 2. The summed E-state index contributed by atoms with van der Waals surface area (Å²) in [6.45, 7) is 6.24. The fraction of sp³-hybridized carbons (Fsp3) is 0.545. The SMILES string of the molecule is CCCCC=CCOc1ccc(-c2noc([C@@H](C)CCCC)n2)cc1C(F)(F)F. The van der Waals surface area contributed by atoms with Crippen LogP contribution in [0, 0.1) is 0 Å². The van der Waals surface area contributed by atoms with E-state index in [1.54, 1.807) is 6.08 Å². The van der Waals surface area contributed by atoms with Crippen molar-refractivity contribution in [2.45, 2.75) is 71.4 Å². The molecule has 0 fully saturated rings. The summed E-state index contributed by atoms with van der Waals surface area (Å²) in [6, 6.07) is 3.85. The van der Waals surface area contributed by atoms with E-state index in [2.05, 4.69) is 24.0 Å². The summed E-state index contributed by atoms with van der Waals surface area (Å²) in [4.78, 5) is 4.29. The lowest BCUT2D eigenvalue weighted by Gasteiger charge is -2.14. The highest BCUT2D eigenvalue weighted by molar-refractivity contribution is 5.59. The third-order valence-corrected chi connectivity index (χ3v) is 4.62. The van der Waals surface area contributed by atoms with Crippen molar-refractivity contribution in [3.05, 3.63) is 41.8 Å². The minimum Gasteiger partial charge on any atom is -0.489 e. The lowest BCUT2D eigenvalue weighted by atomic mass is 10.0. The highest BCUT2D eigenvalue weighted by atomic mass is 19.4. The van der Waals surface area contributed by atoms with Crippen molar-refractivity contribution in [3.63, 3.8) is 0 Å². The van der Waals surface area contributed by atoms with Crippen LogP contribution in [0.1, 0.15) is 76.7 Å². The van der Waals surface area contributed by atoms with Crippen LogP contribution in [0.3, 0.4) is 0 Å². The molecule has 1 atom stereocenters.